The standard InChI is InChI=1S/C23H35N3O4/c1-15(2)10-25-13-19(22(28)24-18-8-6-5-7-9-18)21(27)20(14-25)23(29)26-11-16(3)30-17(4)12-26/h13-18H,5-12H2,1-4H3,(H,24,28)/t16-,17+. The van der Waals surface area contributed by atoms with Gasteiger partial charge in [-0.1, -0.05) is 33.1 Å². The molecule has 30 heavy (non-hydrogen) atoms. The Balaban J connectivity index is 1.91. The van der Waals surface area contributed by atoms with Crippen molar-refractivity contribution in [2.45, 2.75) is 84.6 Å². The lowest BCUT2D eigenvalue weighted by Crippen LogP contribution is -2.49. The zero-order valence-electron chi connectivity index (χ0n) is 18.6. The highest BCUT2D eigenvalue weighted by atomic mass is 16.5. The highest BCUT2D eigenvalue weighted by Gasteiger charge is 2.30. The number of carbonyl (C=O) groups excluding carboxylic acids is 2. The summed E-state index contributed by atoms with van der Waals surface area (Å²) in [4.78, 5) is 41.0. The van der Waals surface area contributed by atoms with E-state index in [1.165, 1.54) is 6.42 Å². The summed E-state index contributed by atoms with van der Waals surface area (Å²) in [5, 5.41) is 3.02. The van der Waals surface area contributed by atoms with E-state index in [1.807, 2.05) is 18.4 Å². The van der Waals surface area contributed by atoms with Crippen LogP contribution in [0.4, 0.5) is 0 Å². The van der Waals surface area contributed by atoms with Crippen molar-refractivity contribution in [1.82, 2.24) is 14.8 Å². The van der Waals surface area contributed by atoms with Crippen molar-refractivity contribution in [2.24, 2.45) is 5.92 Å². The van der Waals surface area contributed by atoms with Crippen LogP contribution in [-0.4, -0.2) is 52.6 Å². The van der Waals surface area contributed by atoms with Gasteiger partial charge in [-0.05, 0) is 32.6 Å². The molecule has 2 heterocycles. The predicted octanol–water partition coefficient (Wildman–Crippen LogP) is 2.82. The number of hydrogen-bond acceptors (Lipinski definition) is 4. The van der Waals surface area contributed by atoms with E-state index in [-0.39, 0.29) is 41.2 Å². The minimum atomic E-state index is -0.486. The third-order valence-electron chi connectivity index (χ3n) is 5.78. The molecule has 1 aromatic rings. The van der Waals surface area contributed by atoms with Crippen molar-refractivity contribution in [2.75, 3.05) is 13.1 Å². The van der Waals surface area contributed by atoms with Gasteiger partial charge >= 0.3 is 0 Å². The summed E-state index contributed by atoms with van der Waals surface area (Å²) in [5.74, 6) is -0.386. The number of pyridine rings is 1. The Kier molecular flexibility index (Phi) is 7.34. The molecule has 3 rings (SSSR count). The number of carbonyl (C=O) groups is 2. The van der Waals surface area contributed by atoms with Crippen LogP contribution in [0, 0.1) is 5.92 Å². The first-order valence-electron chi connectivity index (χ1n) is 11.2. The van der Waals surface area contributed by atoms with Crippen LogP contribution in [0.5, 0.6) is 0 Å². The molecule has 0 bridgehead atoms. The van der Waals surface area contributed by atoms with Crippen LogP contribution in [0.3, 0.4) is 0 Å². The molecule has 1 saturated heterocycles. The van der Waals surface area contributed by atoms with E-state index < -0.39 is 5.43 Å². The van der Waals surface area contributed by atoms with Gasteiger partial charge in [0.05, 0.1) is 12.2 Å². The van der Waals surface area contributed by atoms with Gasteiger partial charge in [0.15, 0.2) is 0 Å². The summed E-state index contributed by atoms with van der Waals surface area (Å²) in [6.45, 7) is 9.46. The minimum Gasteiger partial charge on any atom is -0.372 e. The van der Waals surface area contributed by atoms with Crippen LogP contribution in [0.1, 0.15) is 80.5 Å². The normalized spacial score (nSPS) is 22.9. The number of ether oxygens (including phenoxy) is 1. The fourth-order valence-electron chi connectivity index (χ4n) is 4.50. The molecule has 2 atom stereocenters. The summed E-state index contributed by atoms with van der Waals surface area (Å²) in [6, 6.07) is 0.101. The molecular weight excluding hydrogens is 382 g/mol. The second-order valence-corrected chi connectivity index (χ2v) is 9.28. The predicted molar refractivity (Wildman–Crippen MR) is 116 cm³/mol. The van der Waals surface area contributed by atoms with Crippen LogP contribution >= 0.6 is 0 Å². The molecule has 7 nitrogen and oxygen atoms in total. The highest BCUT2D eigenvalue weighted by Crippen LogP contribution is 2.18. The van der Waals surface area contributed by atoms with Gasteiger partial charge in [-0.15, -0.1) is 0 Å². The average Bonchev–Trinajstić information content (AvgIpc) is 2.68. The molecule has 2 amide bonds. The van der Waals surface area contributed by atoms with Crippen LogP contribution in [-0.2, 0) is 11.3 Å². The first kappa shape index (κ1) is 22.5. The van der Waals surface area contributed by atoms with Gasteiger partial charge < -0.3 is 19.5 Å². The smallest absolute Gasteiger partial charge is 0.259 e. The molecular formula is C23H35N3O4. The number of amides is 2. The molecule has 2 aliphatic rings. The summed E-state index contributed by atoms with van der Waals surface area (Å²) in [7, 11) is 0. The van der Waals surface area contributed by atoms with Gasteiger partial charge in [-0.2, -0.15) is 0 Å². The van der Waals surface area contributed by atoms with E-state index in [0.29, 0.717) is 25.6 Å². The molecule has 0 radical (unpaired) electrons. The molecule has 0 aromatic carbocycles. The van der Waals surface area contributed by atoms with Crippen molar-refractivity contribution < 1.29 is 14.3 Å². The Hall–Kier alpha value is -2.15. The number of nitrogens with one attached hydrogen (secondary N) is 1. The zero-order chi connectivity index (χ0) is 21.8. The van der Waals surface area contributed by atoms with E-state index in [2.05, 4.69) is 19.2 Å². The number of aromatic nitrogens is 1. The summed E-state index contributed by atoms with van der Waals surface area (Å²) < 4.78 is 7.52. The Morgan fingerprint density at radius 3 is 2.27 bits per heavy atom. The molecule has 1 aromatic heterocycles. The van der Waals surface area contributed by atoms with Gasteiger partial charge in [0, 0.05) is 38.1 Å². The van der Waals surface area contributed by atoms with Crippen molar-refractivity contribution in [3.05, 3.63) is 33.7 Å². The lowest BCUT2D eigenvalue weighted by atomic mass is 9.95. The van der Waals surface area contributed by atoms with Gasteiger partial charge in [0.1, 0.15) is 11.1 Å². The van der Waals surface area contributed by atoms with Crippen LogP contribution in [0.15, 0.2) is 17.2 Å². The quantitative estimate of drug-likeness (QED) is 0.799. The number of nitrogens with zero attached hydrogens (tertiary/aromatic N) is 2. The molecule has 1 N–H and O–H groups in total. The van der Waals surface area contributed by atoms with Crippen LogP contribution < -0.4 is 10.7 Å². The van der Waals surface area contributed by atoms with E-state index >= 15 is 0 Å². The van der Waals surface area contributed by atoms with Crippen molar-refractivity contribution in [3.63, 3.8) is 0 Å². The van der Waals surface area contributed by atoms with Gasteiger partial charge in [0.25, 0.3) is 11.8 Å². The molecule has 0 unspecified atom stereocenters. The topological polar surface area (TPSA) is 80.6 Å². The molecule has 166 valence electrons. The fraction of sp³-hybridized carbons (Fsp3) is 0.696. The first-order chi connectivity index (χ1) is 14.2. The maximum absolute atomic E-state index is 13.2. The number of morpholine rings is 1. The number of hydrogen-bond donors (Lipinski definition) is 1. The van der Waals surface area contributed by atoms with Crippen molar-refractivity contribution >= 4 is 11.8 Å². The summed E-state index contributed by atoms with van der Waals surface area (Å²) in [6.07, 6.45) is 8.27. The minimum absolute atomic E-state index is 0.0569. The van der Waals surface area contributed by atoms with Crippen molar-refractivity contribution in [1.29, 1.82) is 0 Å². The fourth-order valence-corrected chi connectivity index (χ4v) is 4.50. The van der Waals surface area contributed by atoms with E-state index in [1.54, 1.807) is 17.3 Å². The lowest BCUT2D eigenvalue weighted by molar-refractivity contribution is -0.0586. The monoisotopic (exact) mass is 417 g/mol. The Labute approximate surface area is 178 Å². The van der Waals surface area contributed by atoms with E-state index in [4.69, 9.17) is 4.74 Å². The maximum Gasteiger partial charge on any atom is 0.259 e. The second-order valence-electron chi connectivity index (χ2n) is 9.28. The molecule has 1 aliphatic carbocycles. The molecule has 1 aliphatic heterocycles. The Bertz CT molecular complexity index is 816. The van der Waals surface area contributed by atoms with Crippen molar-refractivity contribution in [3.8, 4) is 0 Å². The third kappa shape index (κ3) is 5.50. The van der Waals surface area contributed by atoms with Gasteiger partial charge in [-0.25, -0.2) is 0 Å². The summed E-state index contributed by atoms with van der Waals surface area (Å²) >= 11 is 0. The molecule has 2 fully saturated rings. The SMILES string of the molecule is CC(C)Cn1cc(C(=O)NC2CCCCC2)c(=O)c(C(=O)N2C[C@@H](C)O[C@@H](C)C2)c1. The average molecular weight is 418 g/mol. The number of rotatable bonds is 5. The first-order valence-corrected chi connectivity index (χ1v) is 11.2. The maximum atomic E-state index is 13.2. The third-order valence-corrected chi connectivity index (χ3v) is 5.78. The molecule has 0 spiro atoms. The lowest BCUT2D eigenvalue weighted by Gasteiger charge is -2.35. The molecule has 7 heteroatoms. The summed E-state index contributed by atoms with van der Waals surface area (Å²) in [5.41, 5.74) is -0.366. The largest absolute Gasteiger partial charge is 0.372 e. The van der Waals surface area contributed by atoms with E-state index in [9.17, 15) is 14.4 Å². The second kappa shape index (κ2) is 9.77. The molecule has 1 saturated carbocycles. The van der Waals surface area contributed by atoms with Gasteiger partial charge in [0.2, 0.25) is 5.43 Å². The Morgan fingerprint density at radius 2 is 1.67 bits per heavy atom. The van der Waals surface area contributed by atoms with Gasteiger partial charge in [-0.3, -0.25) is 14.4 Å². The zero-order valence-corrected chi connectivity index (χ0v) is 18.6. The van der Waals surface area contributed by atoms with E-state index in [0.717, 1.165) is 25.7 Å². The van der Waals surface area contributed by atoms with Crippen LogP contribution in [0.2, 0.25) is 0 Å². The highest BCUT2D eigenvalue weighted by molar-refractivity contribution is 5.99. The Morgan fingerprint density at radius 1 is 1.07 bits per heavy atom. The van der Waals surface area contributed by atoms with Crippen LogP contribution in [0.25, 0.3) is 0 Å².